The molecule has 0 aliphatic rings. The highest BCUT2D eigenvalue weighted by Gasteiger charge is 2.30. The minimum Gasteiger partial charge on any atom is -0.382 e. The molecule has 1 aromatic carbocycles. The fraction of sp³-hybridized carbons (Fsp3) is 0.136. The lowest BCUT2D eigenvalue weighted by molar-refractivity contribution is -0.137. The van der Waals surface area contributed by atoms with Crippen molar-refractivity contribution >= 4 is 23.4 Å². The summed E-state index contributed by atoms with van der Waals surface area (Å²) in [4.78, 5) is 31.6. The molecule has 0 aliphatic carbocycles. The van der Waals surface area contributed by atoms with Crippen molar-refractivity contribution in [1.29, 1.82) is 0 Å². The summed E-state index contributed by atoms with van der Waals surface area (Å²) in [5, 5.41) is 3.99. The fourth-order valence-electron chi connectivity index (χ4n) is 3.52. The van der Waals surface area contributed by atoms with Crippen LogP contribution < -0.4 is 5.73 Å². The van der Waals surface area contributed by atoms with Gasteiger partial charge in [-0.05, 0) is 29.3 Å². The number of carbonyl (C=O) groups is 2. The number of nitrogens with two attached hydrogens (primary N) is 1. The lowest BCUT2D eigenvalue weighted by Crippen LogP contribution is -2.11. The van der Waals surface area contributed by atoms with E-state index in [9.17, 15) is 27.2 Å². The van der Waals surface area contributed by atoms with E-state index in [0.717, 1.165) is 24.4 Å². The van der Waals surface area contributed by atoms with Crippen LogP contribution in [0.3, 0.4) is 0 Å². The van der Waals surface area contributed by atoms with Crippen molar-refractivity contribution in [3.63, 3.8) is 0 Å². The fourth-order valence-corrected chi connectivity index (χ4v) is 3.52. The standard InChI is InChI=1S/C22H15F4N5O2/c23-18-6-13(19-14(10-32)9-31-20(19)21(27)29-11-30-31)2-1-12(18)5-17(33)8-16-7-15(3-4-28-16)22(24,25)26/h1-4,6-7,9-11H,5,8H2,(H2,27,29,30). The first-order valence-electron chi connectivity index (χ1n) is 9.57. The van der Waals surface area contributed by atoms with E-state index in [1.165, 1.54) is 29.2 Å². The van der Waals surface area contributed by atoms with E-state index >= 15 is 0 Å². The lowest BCUT2D eigenvalue weighted by atomic mass is 9.98. The van der Waals surface area contributed by atoms with E-state index in [0.29, 0.717) is 22.9 Å². The molecule has 11 heteroatoms. The normalized spacial score (nSPS) is 11.6. The van der Waals surface area contributed by atoms with Gasteiger partial charge in [0.15, 0.2) is 12.1 Å². The average molecular weight is 457 g/mol. The van der Waals surface area contributed by atoms with Gasteiger partial charge in [0.2, 0.25) is 0 Å². The van der Waals surface area contributed by atoms with Gasteiger partial charge in [-0.25, -0.2) is 13.9 Å². The summed E-state index contributed by atoms with van der Waals surface area (Å²) in [6.45, 7) is 0. The molecule has 0 spiro atoms. The van der Waals surface area contributed by atoms with Gasteiger partial charge in [0.1, 0.15) is 23.4 Å². The maximum Gasteiger partial charge on any atom is 0.416 e. The number of nitrogen functional groups attached to an aromatic ring is 1. The highest BCUT2D eigenvalue weighted by molar-refractivity contribution is 5.99. The van der Waals surface area contributed by atoms with E-state index < -0.39 is 23.3 Å². The first-order chi connectivity index (χ1) is 15.7. The molecule has 168 valence electrons. The third kappa shape index (κ3) is 4.43. The summed E-state index contributed by atoms with van der Waals surface area (Å²) in [5.74, 6) is -1.13. The van der Waals surface area contributed by atoms with Crippen LogP contribution >= 0.6 is 0 Å². The highest BCUT2D eigenvalue weighted by Crippen LogP contribution is 2.33. The van der Waals surface area contributed by atoms with Crippen LogP contribution in [0.25, 0.3) is 16.6 Å². The van der Waals surface area contributed by atoms with Crippen molar-refractivity contribution in [3.8, 4) is 11.1 Å². The minimum absolute atomic E-state index is 0.0520. The molecule has 3 heterocycles. The van der Waals surface area contributed by atoms with E-state index in [1.54, 1.807) is 0 Å². The number of nitrogens with zero attached hydrogens (tertiary/aromatic N) is 4. The number of carbonyl (C=O) groups excluding carboxylic acids is 2. The van der Waals surface area contributed by atoms with Crippen LogP contribution in [-0.2, 0) is 23.8 Å². The number of anilines is 1. The Balaban J connectivity index is 1.59. The Hall–Kier alpha value is -4.15. The zero-order valence-electron chi connectivity index (χ0n) is 16.8. The Bertz CT molecular complexity index is 1380. The first-order valence-corrected chi connectivity index (χ1v) is 9.57. The Morgan fingerprint density at radius 3 is 2.61 bits per heavy atom. The molecular formula is C22H15F4N5O2. The number of rotatable bonds is 6. The summed E-state index contributed by atoms with van der Waals surface area (Å²) >= 11 is 0. The molecule has 0 bridgehead atoms. The van der Waals surface area contributed by atoms with Gasteiger partial charge in [0.25, 0.3) is 0 Å². The minimum atomic E-state index is -4.55. The number of Topliss-reactive ketones (excluding diaryl/α,β-unsaturated/α-hetero) is 1. The molecule has 7 nitrogen and oxygen atoms in total. The van der Waals surface area contributed by atoms with E-state index in [1.807, 2.05) is 0 Å². The summed E-state index contributed by atoms with van der Waals surface area (Å²) in [7, 11) is 0. The molecule has 2 N–H and O–H groups in total. The Kier molecular flexibility index (Phi) is 5.62. The molecule has 33 heavy (non-hydrogen) atoms. The molecule has 0 radical (unpaired) electrons. The number of ketones is 1. The van der Waals surface area contributed by atoms with Gasteiger partial charge in [-0.15, -0.1) is 0 Å². The molecule has 0 atom stereocenters. The molecule has 0 saturated heterocycles. The second kappa shape index (κ2) is 8.41. The zero-order valence-corrected chi connectivity index (χ0v) is 16.8. The van der Waals surface area contributed by atoms with Crippen LogP contribution in [0.15, 0.2) is 49.1 Å². The topological polar surface area (TPSA) is 103 Å². The Morgan fingerprint density at radius 2 is 1.91 bits per heavy atom. The van der Waals surface area contributed by atoms with Gasteiger partial charge in [-0.1, -0.05) is 12.1 Å². The molecule has 0 amide bonds. The van der Waals surface area contributed by atoms with Crippen LogP contribution in [-0.4, -0.2) is 31.7 Å². The van der Waals surface area contributed by atoms with Gasteiger partial charge >= 0.3 is 6.18 Å². The second-order valence-electron chi connectivity index (χ2n) is 7.25. The smallest absolute Gasteiger partial charge is 0.382 e. The Morgan fingerprint density at radius 1 is 1.12 bits per heavy atom. The maximum absolute atomic E-state index is 14.8. The molecule has 4 rings (SSSR count). The van der Waals surface area contributed by atoms with E-state index in [4.69, 9.17) is 5.73 Å². The third-order valence-corrected chi connectivity index (χ3v) is 5.01. The summed E-state index contributed by atoms with van der Waals surface area (Å²) < 4.78 is 54.7. The van der Waals surface area contributed by atoms with Gasteiger partial charge in [-0.3, -0.25) is 14.6 Å². The number of halogens is 4. The third-order valence-electron chi connectivity index (χ3n) is 5.01. The van der Waals surface area contributed by atoms with Crippen molar-refractivity contribution in [2.45, 2.75) is 19.0 Å². The predicted octanol–water partition coefficient (Wildman–Crippen LogP) is 3.70. The molecule has 0 aliphatic heterocycles. The zero-order chi connectivity index (χ0) is 23.8. The summed E-state index contributed by atoms with van der Waals surface area (Å²) in [6, 6.07) is 5.65. The number of fused-ring (bicyclic) bond motifs is 1. The molecule has 0 saturated carbocycles. The van der Waals surface area contributed by atoms with Gasteiger partial charge in [0, 0.05) is 42.1 Å². The monoisotopic (exact) mass is 457 g/mol. The van der Waals surface area contributed by atoms with Crippen LogP contribution in [0.1, 0.15) is 27.2 Å². The van der Waals surface area contributed by atoms with Crippen LogP contribution in [0, 0.1) is 5.82 Å². The highest BCUT2D eigenvalue weighted by atomic mass is 19.4. The number of hydrogen-bond donors (Lipinski definition) is 1. The molecule has 4 aromatic rings. The second-order valence-corrected chi connectivity index (χ2v) is 7.25. The number of aromatic nitrogens is 4. The van der Waals surface area contributed by atoms with Gasteiger partial charge in [-0.2, -0.15) is 18.3 Å². The Labute approximate surface area is 183 Å². The quantitative estimate of drug-likeness (QED) is 0.350. The van der Waals surface area contributed by atoms with Crippen LogP contribution in [0.4, 0.5) is 23.4 Å². The predicted molar refractivity (Wildman–Crippen MR) is 110 cm³/mol. The SMILES string of the molecule is Nc1ncnn2cc(C=O)c(-c3ccc(CC(=O)Cc4cc(C(F)(F)F)ccn4)c(F)c3)c12. The number of pyridine rings is 1. The number of alkyl halides is 3. The van der Waals surface area contributed by atoms with E-state index in [2.05, 4.69) is 15.1 Å². The van der Waals surface area contributed by atoms with Gasteiger partial charge in [0.05, 0.1) is 5.56 Å². The first kappa shape index (κ1) is 22.1. The summed E-state index contributed by atoms with van der Waals surface area (Å²) in [6.07, 6.45) is -1.06. The summed E-state index contributed by atoms with van der Waals surface area (Å²) in [5.41, 5.74) is 6.21. The number of aldehydes is 1. The van der Waals surface area contributed by atoms with Crippen LogP contribution in [0.2, 0.25) is 0 Å². The molecule has 0 unspecified atom stereocenters. The number of hydrogen-bond acceptors (Lipinski definition) is 6. The van der Waals surface area contributed by atoms with Crippen molar-refractivity contribution in [3.05, 3.63) is 77.3 Å². The molecular weight excluding hydrogens is 442 g/mol. The van der Waals surface area contributed by atoms with Crippen molar-refractivity contribution in [1.82, 2.24) is 19.6 Å². The lowest BCUT2D eigenvalue weighted by Gasteiger charge is -2.09. The molecule has 0 fully saturated rings. The molecule has 3 aromatic heterocycles. The number of benzene rings is 1. The van der Waals surface area contributed by atoms with Crippen molar-refractivity contribution in [2.75, 3.05) is 5.73 Å². The maximum atomic E-state index is 14.8. The average Bonchev–Trinajstić information content (AvgIpc) is 3.15. The van der Waals surface area contributed by atoms with E-state index in [-0.39, 0.29) is 35.5 Å². The van der Waals surface area contributed by atoms with Gasteiger partial charge < -0.3 is 5.73 Å². The largest absolute Gasteiger partial charge is 0.416 e. The van der Waals surface area contributed by atoms with Crippen molar-refractivity contribution < 1.29 is 27.2 Å². The van der Waals surface area contributed by atoms with Crippen LogP contribution in [0.5, 0.6) is 0 Å². The van der Waals surface area contributed by atoms with Crippen molar-refractivity contribution in [2.24, 2.45) is 0 Å².